The fourth-order valence-electron chi connectivity index (χ4n) is 3.07. The van der Waals surface area contributed by atoms with Crippen LogP contribution < -0.4 is 0 Å². The highest BCUT2D eigenvalue weighted by Crippen LogP contribution is 2.43. The summed E-state index contributed by atoms with van der Waals surface area (Å²) in [7, 11) is -3.17. The normalized spacial score (nSPS) is 29.2. The minimum atomic E-state index is -3.17. The number of piperidine rings is 1. The van der Waals surface area contributed by atoms with Gasteiger partial charge in [0.2, 0.25) is 21.6 Å². The molecule has 0 amide bonds. The molecule has 0 N–H and O–H groups in total. The molecule has 0 aromatic heterocycles. The SMILES string of the molecule is CCCS(=O)(=O)N1CCC2(CC1)OOC1(CCCC1)OO2. The van der Waals surface area contributed by atoms with Gasteiger partial charge < -0.3 is 0 Å². The van der Waals surface area contributed by atoms with Gasteiger partial charge in [0.25, 0.3) is 0 Å². The van der Waals surface area contributed by atoms with Crippen LogP contribution in [-0.4, -0.2) is 43.1 Å². The first kappa shape index (κ1) is 15.6. The van der Waals surface area contributed by atoms with Crippen LogP contribution >= 0.6 is 0 Å². The second-order valence-electron chi connectivity index (χ2n) is 6.08. The second kappa shape index (κ2) is 5.75. The number of hydrogen-bond acceptors (Lipinski definition) is 6. The molecule has 0 radical (unpaired) electrons. The van der Waals surface area contributed by atoms with Gasteiger partial charge in [0.05, 0.1) is 5.75 Å². The van der Waals surface area contributed by atoms with Crippen molar-refractivity contribution in [3.05, 3.63) is 0 Å². The average Bonchev–Trinajstić information content (AvgIpc) is 2.92. The maximum absolute atomic E-state index is 12.0. The summed E-state index contributed by atoms with van der Waals surface area (Å²) in [6, 6.07) is 0. The van der Waals surface area contributed by atoms with Crippen LogP contribution in [0.25, 0.3) is 0 Å². The van der Waals surface area contributed by atoms with Crippen LogP contribution in [0.3, 0.4) is 0 Å². The summed E-state index contributed by atoms with van der Waals surface area (Å²) in [6.07, 6.45) is 5.02. The number of hydrogen-bond donors (Lipinski definition) is 0. The molecule has 3 rings (SSSR count). The molecule has 0 aromatic carbocycles. The lowest BCUT2D eigenvalue weighted by molar-refractivity contribution is -0.658. The van der Waals surface area contributed by atoms with E-state index >= 15 is 0 Å². The fourth-order valence-corrected chi connectivity index (χ4v) is 4.58. The van der Waals surface area contributed by atoms with E-state index in [1.54, 1.807) is 0 Å². The van der Waals surface area contributed by atoms with E-state index in [0.29, 0.717) is 32.4 Å². The molecule has 2 aliphatic heterocycles. The summed E-state index contributed by atoms with van der Waals surface area (Å²) in [5.74, 6) is -1.54. The molecule has 3 fully saturated rings. The third kappa shape index (κ3) is 3.11. The average molecular weight is 321 g/mol. The molecule has 3 aliphatic rings. The van der Waals surface area contributed by atoms with E-state index in [4.69, 9.17) is 19.6 Å². The Morgan fingerprint density at radius 1 is 0.905 bits per heavy atom. The van der Waals surface area contributed by atoms with Crippen molar-refractivity contribution < 1.29 is 28.0 Å². The summed E-state index contributed by atoms with van der Waals surface area (Å²) in [6.45, 7) is 2.59. The lowest BCUT2D eigenvalue weighted by atomic mass is 10.1. The quantitative estimate of drug-likeness (QED) is 0.737. The summed E-state index contributed by atoms with van der Waals surface area (Å²) in [4.78, 5) is 21.9. The lowest BCUT2D eigenvalue weighted by Gasteiger charge is -2.44. The van der Waals surface area contributed by atoms with Crippen LogP contribution in [0, 0.1) is 0 Å². The molecule has 1 aliphatic carbocycles. The third-order valence-electron chi connectivity index (χ3n) is 4.40. The molecule has 2 spiro atoms. The molecule has 2 saturated heterocycles. The minimum Gasteiger partial charge on any atom is -0.212 e. The maximum atomic E-state index is 12.0. The molecular weight excluding hydrogens is 298 g/mol. The monoisotopic (exact) mass is 321 g/mol. The van der Waals surface area contributed by atoms with Gasteiger partial charge in [-0.2, -0.15) is 19.6 Å². The van der Waals surface area contributed by atoms with Gasteiger partial charge in [0.15, 0.2) is 0 Å². The van der Waals surface area contributed by atoms with E-state index < -0.39 is 21.6 Å². The Morgan fingerprint density at radius 3 is 1.86 bits per heavy atom. The van der Waals surface area contributed by atoms with Crippen molar-refractivity contribution in [1.82, 2.24) is 4.31 Å². The molecule has 122 valence electrons. The molecule has 0 aromatic rings. The van der Waals surface area contributed by atoms with Crippen LogP contribution in [0.15, 0.2) is 0 Å². The Hall–Kier alpha value is -0.250. The first-order valence-electron chi connectivity index (χ1n) is 7.71. The second-order valence-corrected chi connectivity index (χ2v) is 8.17. The van der Waals surface area contributed by atoms with E-state index in [-0.39, 0.29) is 5.75 Å². The fraction of sp³-hybridized carbons (Fsp3) is 1.00. The summed E-state index contributed by atoms with van der Waals surface area (Å²) < 4.78 is 25.6. The largest absolute Gasteiger partial charge is 0.236 e. The van der Waals surface area contributed by atoms with E-state index in [2.05, 4.69) is 0 Å². The van der Waals surface area contributed by atoms with E-state index in [1.807, 2.05) is 6.92 Å². The summed E-state index contributed by atoms with van der Waals surface area (Å²) in [5, 5.41) is 0. The van der Waals surface area contributed by atoms with Gasteiger partial charge in [0.1, 0.15) is 0 Å². The Bertz CT molecular complexity index is 453. The highest BCUT2D eigenvalue weighted by atomic mass is 32.2. The van der Waals surface area contributed by atoms with Crippen molar-refractivity contribution in [3.63, 3.8) is 0 Å². The Labute approximate surface area is 125 Å². The van der Waals surface area contributed by atoms with Crippen LogP contribution in [0.4, 0.5) is 0 Å². The van der Waals surface area contributed by atoms with Crippen molar-refractivity contribution in [2.75, 3.05) is 18.8 Å². The number of nitrogens with zero attached hydrogens (tertiary/aromatic N) is 1. The van der Waals surface area contributed by atoms with Gasteiger partial charge >= 0.3 is 0 Å². The molecule has 8 heteroatoms. The zero-order valence-electron chi connectivity index (χ0n) is 12.4. The molecule has 0 atom stereocenters. The van der Waals surface area contributed by atoms with Crippen molar-refractivity contribution in [2.45, 2.75) is 63.4 Å². The standard InChI is InChI=1S/C13H23NO6S/c1-2-11-21(15,16)14-9-7-13(8-10-14)19-17-12(18-20-13)5-3-4-6-12/h2-11H2,1H3. The van der Waals surface area contributed by atoms with E-state index in [1.165, 1.54) is 4.31 Å². The Balaban J connectivity index is 1.56. The van der Waals surface area contributed by atoms with Crippen molar-refractivity contribution in [1.29, 1.82) is 0 Å². The van der Waals surface area contributed by atoms with Gasteiger partial charge in [-0.3, -0.25) is 0 Å². The van der Waals surface area contributed by atoms with Gasteiger partial charge in [-0.05, 0) is 19.3 Å². The molecule has 7 nitrogen and oxygen atoms in total. The first-order valence-corrected chi connectivity index (χ1v) is 9.32. The maximum Gasteiger partial charge on any atom is 0.236 e. The number of rotatable bonds is 3. The van der Waals surface area contributed by atoms with Crippen LogP contribution in [-0.2, 0) is 29.6 Å². The summed E-state index contributed by atoms with van der Waals surface area (Å²) >= 11 is 0. The molecule has 0 bridgehead atoms. The third-order valence-corrected chi connectivity index (χ3v) is 6.47. The lowest BCUT2D eigenvalue weighted by Crippen LogP contribution is -2.55. The van der Waals surface area contributed by atoms with Crippen molar-refractivity contribution >= 4 is 10.0 Å². The van der Waals surface area contributed by atoms with Gasteiger partial charge in [-0.1, -0.05) is 6.92 Å². The predicted molar refractivity (Wildman–Crippen MR) is 73.2 cm³/mol. The predicted octanol–water partition coefficient (Wildman–Crippen LogP) is 1.70. The molecule has 2 heterocycles. The van der Waals surface area contributed by atoms with Gasteiger partial charge in [-0.25, -0.2) is 12.7 Å². The van der Waals surface area contributed by atoms with Crippen molar-refractivity contribution in [2.24, 2.45) is 0 Å². The summed E-state index contributed by atoms with van der Waals surface area (Å²) in [5.41, 5.74) is 0. The zero-order chi connectivity index (χ0) is 15.0. The van der Waals surface area contributed by atoms with Crippen LogP contribution in [0.1, 0.15) is 51.9 Å². The van der Waals surface area contributed by atoms with Crippen molar-refractivity contribution in [3.8, 4) is 0 Å². The van der Waals surface area contributed by atoms with Crippen LogP contribution in [0.2, 0.25) is 0 Å². The zero-order valence-corrected chi connectivity index (χ0v) is 13.2. The Morgan fingerprint density at radius 2 is 1.38 bits per heavy atom. The smallest absolute Gasteiger partial charge is 0.212 e. The topological polar surface area (TPSA) is 74.3 Å². The molecule has 21 heavy (non-hydrogen) atoms. The van der Waals surface area contributed by atoms with Crippen LogP contribution in [0.5, 0.6) is 0 Å². The number of sulfonamides is 1. The first-order chi connectivity index (χ1) is 9.99. The molecular formula is C13H23NO6S. The molecule has 0 unspecified atom stereocenters. The highest BCUT2D eigenvalue weighted by molar-refractivity contribution is 7.89. The molecule has 1 saturated carbocycles. The van der Waals surface area contributed by atoms with Gasteiger partial charge in [-0.15, -0.1) is 0 Å². The van der Waals surface area contributed by atoms with E-state index in [0.717, 1.165) is 25.7 Å². The highest BCUT2D eigenvalue weighted by Gasteiger charge is 2.52. The van der Waals surface area contributed by atoms with E-state index in [9.17, 15) is 8.42 Å². The van der Waals surface area contributed by atoms with Gasteiger partial charge in [0, 0.05) is 38.8 Å². The minimum absolute atomic E-state index is 0.178. The Kier molecular flexibility index (Phi) is 4.28.